The molecule has 5 amide bonds. The predicted octanol–water partition coefficient (Wildman–Crippen LogP) is -0.0349. The fraction of sp³-hybridized carbons (Fsp3) is 0.600. The van der Waals surface area contributed by atoms with Crippen molar-refractivity contribution in [1.82, 2.24) is 26.6 Å². The van der Waals surface area contributed by atoms with Gasteiger partial charge in [0.2, 0.25) is 29.5 Å². The third-order valence-corrected chi connectivity index (χ3v) is 7.85. The minimum absolute atomic E-state index is 0.0159. The third-order valence-electron chi connectivity index (χ3n) is 7.85. The molecule has 15 heteroatoms. The van der Waals surface area contributed by atoms with Crippen LogP contribution in [0.25, 0.3) is 0 Å². The van der Waals surface area contributed by atoms with Crippen LogP contribution in [-0.2, 0) is 35.2 Å². The van der Waals surface area contributed by atoms with Crippen LogP contribution in [0, 0.1) is 5.92 Å². The van der Waals surface area contributed by atoms with Gasteiger partial charge in [-0.05, 0) is 82.9 Å². The summed E-state index contributed by atoms with van der Waals surface area (Å²) in [7, 11) is 0. The van der Waals surface area contributed by atoms with Crippen molar-refractivity contribution >= 4 is 35.5 Å². The van der Waals surface area contributed by atoms with Gasteiger partial charge in [0.1, 0.15) is 30.2 Å². The molecule has 0 aliphatic carbocycles. The first-order valence-electron chi connectivity index (χ1n) is 17.3. The van der Waals surface area contributed by atoms with Crippen LogP contribution < -0.4 is 43.8 Å². The first-order valence-corrected chi connectivity index (χ1v) is 17.3. The third kappa shape index (κ3) is 16.9. The van der Waals surface area contributed by atoms with E-state index in [1.807, 2.05) is 13.8 Å². The zero-order chi connectivity index (χ0) is 37.6. The summed E-state index contributed by atoms with van der Waals surface area (Å²) >= 11 is 0. The van der Waals surface area contributed by atoms with Crippen molar-refractivity contribution in [2.75, 3.05) is 13.1 Å². The van der Waals surface area contributed by atoms with Crippen molar-refractivity contribution in [1.29, 1.82) is 0 Å². The number of aliphatic carboxylic acids is 1. The van der Waals surface area contributed by atoms with Crippen molar-refractivity contribution < 1.29 is 33.9 Å². The number of hydrogen-bond acceptors (Lipinski definition) is 9. The van der Waals surface area contributed by atoms with Gasteiger partial charge in [-0.1, -0.05) is 50.3 Å². The summed E-state index contributed by atoms with van der Waals surface area (Å²) in [5, 5.41) is 22.9. The van der Waals surface area contributed by atoms with Gasteiger partial charge in [-0.2, -0.15) is 0 Å². The number of nitrogens with one attached hydrogen (secondary N) is 5. The SMILES string of the molecule is C=CC[C@H](NC(=O)[C@H](CCCCN)NC(=O)[C@H](CCCCN)NC(=O)[C@H](C)N)C(=O)N[C@@H](Cc1ccccc1)C(=O)N[C@@H](CC(C)C)C(=O)O. The molecule has 12 N–H and O–H groups in total. The normalized spacial score (nSPS) is 14.6. The van der Waals surface area contributed by atoms with Crippen LogP contribution in [-0.4, -0.2) is 90.0 Å². The van der Waals surface area contributed by atoms with Crippen LogP contribution in [0.2, 0.25) is 0 Å². The first-order chi connectivity index (χ1) is 23.7. The lowest BCUT2D eigenvalue weighted by Crippen LogP contribution is -2.59. The second kappa shape index (κ2) is 23.9. The van der Waals surface area contributed by atoms with Crippen molar-refractivity contribution in [2.45, 2.75) is 115 Å². The van der Waals surface area contributed by atoms with E-state index in [1.165, 1.54) is 13.0 Å². The van der Waals surface area contributed by atoms with E-state index in [1.54, 1.807) is 30.3 Å². The monoisotopic (exact) mass is 702 g/mol. The maximum Gasteiger partial charge on any atom is 0.326 e. The maximum absolute atomic E-state index is 13.7. The summed E-state index contributed by atoms with van der Waals surface area (Å²) in [5.41, 5.74) is 17.7. The van der Waals surface area contributed by atoms with Crippen molar-refractivity contribution in [2.24, 2.45) is 23.1 Å². The van der Waals surface area contributed by atoms with Crippen LogP contribution in [0.3, 0.4) is 0 Å². The molecule has 0 unspecified atom stereocenters. The summed E-state index contributed by atoms with van der Waals surface area (Å²) in [6.07, 6.45) is 4.33. The highest BCUT2D eigenvalue weighted by molar-refractivity contribution is 5.96. The largest absolute Gasteiger partial charge is 0.480 e. The molecule has 280 valence electrons. The molecule has 1 rings (SSSR count). The number of hydrogen-bond donors (Lipinski definition) is 9. The molecule has 0 aliphatic heterocycles. The number of carboxylic acid groups (broad SMARTS) is 1. The summed E-state index contributed by atoms with van der Waals surface area (Å²) in [4.78, 5) is 78.4. The Hall–Kier alpha value is -4.34. The van der Waals surface area contributed by atoms with Crippen LogP contribution in [0.15, 0.2) is 43.0 Å². The van der Waals surface area contributed by atoms with Crippen LogP contribution in [0.1, 0.15) is 77.7 Å². The minimum atomic E-state index is -1.20. The van der Waals surface area contributed by atoms with E-state index < -0.39 is 71.8 Å². The molecule has 15 nitrogen and oxygen atoms in total. The highest BCUT2D eigenvalue weighted by atomic mass is 16.4. The van der Waals surface area contributed by atoms with Gasteiger partial charge < -0.3 is 48.9 Å². The highest BCUT2D eigenvalue weighted by Gasteiger charge is 2.32. The molecule has 0 fully saturated rings. The Morgan fingerprint density at radius 3 is 1.58 bits per heavy atom. The quantitative estimate of drug-likeness (QED) is 0.0485. The van der Waals surface area contributed by atoms with E-state index in [4.69, 9.17) is 17.2 Å². The topological polar surface area (TPSA) is 261 Å². The van der Waals surface area contributed by atoms with Gasteiger partial charge in [0.05, 0.1) is 6.04 Å². The Morgan fingerprint density at radius 1 is 0.680 bits per heavy atom. The Labute approximate surface area is 295 Å². The average molecular weight is 703 g/mol. The molecule has 1 aromatic rings. The van der Waals surface area contributed by atoms with E-state index in [9.17, 15) is 33.9 Å². The molecular formula is C35H58N8O7. The Balaban J connectivity index is 3.26. The molecule has 0 aliphatic rings. The van der Waals surface area contributed by atoms with Crippen molar-refractivity contribution in [3.63, 3.8) is 0 Å². The van der Waals surface area contributed by atoms with Crippen molar-refractivity contribution in [3.05, 3.63) is 48.6 Å². The molecule has 0 spiro atoms. The standard InChI is InChI=1S/C35H58N8O7/c1-5-13-25(31(45)42-28(21-24-14-7-6-8-15-24)34(48)43-29(35(49)50)20-22(2)3)40-33(47)27(17-10-12-19-37)41-32(46)26(16-9-11-18-36)39-30(44)23(4)38/h5-8,14-15,22-23,25-29H,1,9-13,16-21,36-38H2,2-4H3,(H,39,44)(H,40,47)(H,41,46)(H,42,45)(H,43,48)(H,49,50)/t23-,25-,26-,27-,28-,29-/m0/s1. The Bertz CT molecular complexity index is 1240. The number of benzene rings is 1. The number of nitrogens with two attached hydrogens (primary N) is 3. The fourth-order valence-electron chi connectivity index (χ4n) is 5.07. The molecule has 50 heavy (non-hydrogen) atoms. The predicted molar refractivity (Wildman–Crippen MR) is 191 cm³/mol. The molecule has 0 saturated heterocycles. The van der Waals surface area contributed by atoms with Crippen molar-refractivity contribution in [3.8, 4) is 0 Å². The van der Waals surface area contributed by atoms with E-state index in [-0.39, 0.29) is 38.0 Å². The van der Waals surface area contributed by atoms with E-state index in [2.05, 4.69) is 33.2 Å². The van der Waals surface area contributed by atoms with Gasteiger partial charge in [-0.25, -0.2) is 4.79 Å². The number of carbonyl (C=O) groups is 6. The fourth-order valence-corrected chi connectivity index (χ4v) is 5.07. The Morgan fingerprint density at radius 2 is 1.12 bits per heavy atom. The lowest BCUT2D eigenvalue weighted by atomic mass is 10.0. The molecule has 0 bridgehead atoms. The average Bonchev–Trinajstić information content (AvgIpc) is 3.06. The lowest BCUT2D eigenvalue weighted by Gasteiger charge is -2.27. The number of amides is 5. The van der Waals surface area contributed by atoms with E-state index in [0.29, 0.717) is 44.3 Å². The van der Waals surface area contributed by atoms with Gasteiger partial charge in [-0.15, -0.1) is 6.58 Å². The summed E-state index contributed by atoms with van der Waals surface area (Å²) in [6.45, 7) is 9.61. The van der Waals surface area contributed by atoms with Crippen LogP contribution >= 0.6 is 0 Å². The molecule has 0 heterocycles. The zero-order valence-electron chi connectivity index (χ0n) is 29.6. The smallest absolute Gasteiger partial charge is 0.326 e. The molecule has 1 aromatic carbocycles. The number of carbonyl (C=O) groups excluding carboxylic acids is 5. The molecular weight excluding hydrogens is 644 g/mol. The van der Waals surface area contributed by atoms with Gasteiger partial charge in [0.15, 0.2) is 0 Å². The number of rotatable bonds is 25. The van der Waals surface area contributed by atoms with E-state index >= 15 is 0 Å². The minimum Gasteiger partial charge on any atom is -0.480 e. The van der Waals surface area contributed by atoms with E-state index in [0.717, 1.165) is 0 Å². The molecule has 0 saturated carbocycles. The molecule has 6 atom stereocenters. The van der Waals surface area contributed by atoms with Crippen LogP contribution in [0.5, 0.6) is 0 Å². The number of carboxylic acids is 1. The molecule has 0 aromatic heterocycles. The maximum atomic E-state index is 13.7. The Kier molecular flexibility index (Phi) is 20.9. The lowest BCUT2D eigenvalue weighted by molar-refractivity contribution is -0.142. The van der Waals surface area contributed by atoms with Crippen LogP contribution in [0.4, 0.5) is 0 Å². The van der Waals surface area contributed by atoms with Gasteiger partial charge in [0, 0.05) is 6.42 Å². The second-order valence-corrected chi connectivity index (χ2v) is 12.8. The summed E-state index contributed by atoms with van der Waals surface area (Å²) in [6, 6.07) is 2.43. The van der Waals surface area contributed by atoms with Gasteiger partial charge in [0.25, 0.3) is 0 Å². The second-order valence-electron chi connectivity index (χ2n) is 12.8. The van der Waals surface area contributed by atoms with Gasteiger partial charge >= 0.3 is 5.97 Å². The number of unbranched alkanes of at least 4 members (excludes halogenated alkanes) is 2. The van der Waals surface area contributed by atoms with Gasteiger partial charge in [-0.3, -0.25) is 24.0 Å². The first kappa shape index (κ1) is 43.7. The highest BCUT2D eigenvalue weighted by Crippen LogP contribution is 2.10. The zero-order valence-corrected chi connectivity index (χ0v) is 29.6. The summed E-state index contributed by atoms with van der Waals surface area (Å²) < 4.78 is 0. The summed E-state index contributed by atoms with van der Waals surface area (Å²) in [5.74, 6) is -4.41. The molecule has 0 radical (unpaired) electrons.